The number of hydrogen-bond acceptors (Lipinski definition) is 6. The number of anilines is 1. The number of aryl methyl sites for hydroxylation is 1. The number of halogens is 2. The Morgan fingerprint density at radius 3 is 2.71 bits per heavy atom. The number of para-hydroxylation sites is 1. The van der Waals surface area contributed by atoms with Crippen LogP contribution in [0.4, 0.5) is 9.52 Å². The van der Waals surface area contributed by atoms with Crippen LogP contribution in [0.15, 0.2) is 24.4 Å². The summed E-state index contributed by atoms with van der Waals surface area (Å²) in [6.45, 7) is 1.27. The van der Waals surface area contributed by atoms with Gasteiger partial charge < -0.3 is 9.64 Å². The molecule has 0 spiro atoms. The maximum atomic E-state index is 14.1. The molecule has 0 atom stereocenters. The highest BCUT2D eigenvalue weighted by Crippen LogP contribution is 2.32. The second-order valence-electron chi connectivity index (χ2n) is 6.42. The number of amides is 1. The van der Waals surface area contributed by atoms with Crippen molar-refractivity contribution in [2.45, 2.75) is 6.42 Å². The van der Waals surface area contributed by atoms with Crippen molar-refractivity contribution in [2.75, 3.05) is 39.2 Å². The highest BCUT2D eigenvalue weighted by molar-refractivity contribution is 7.22. The minimum atomic E-state index is -0.394. The number of fused-ring (bicyclic) bond motifs is 1. The van der Waals surface area contributed by atoms with E-state index in [1.165, 1.54) is 29.2 Å². The van der Waals surface area contributed by atoms with E-state index in [0.717, 1.165) is 13.0 Å². The second-order valence-corrected chi connectivity index (χ2v) is 7.43. The lowest BCUT2D eigenvalue weighted by molar-refractivity contribution is 0.0983. The van der Waals surface area contributed by atoms with Gasteiger partial charge in [-0.25, -0.2) is 9.37 Å². The number of nitrogens with zero attached hydrogens (tertiary/aromatic N) is 5. The van der Waals surface area contributed by atoms with Crippen molar-refractivity contribution in [3.8, 4) is 5.88 Å². The van der Waals surface area contributed by atoms with Crippen LogP contribution in [0.25, 0.3) is 10.2 Å². The van der Waals surface area contributed by atoms with Gasteiger partial charge in [0.25, 0.3) is 5.91 Å². The number of rotatable bonds is 7. The van der Waals surface area contributed by atoms with Gasteiger partial charge in [-0.05, 0) is 39.2 Å². The summed E-state index contributed by atoms with van der Waals surface area (Å²) in [4.78, 5) is 21.2. The number of carbonyl (C=O) groups excluding carboxylic acids is 1. The van der Waals surface area contributed by atoms with Crippen molar-refractivity contribution in [3.63, 3.8) is 0 Å². The van der Waals surface area contributed by atoms with E-state index in [4.69, 9.17) is 4.74 Å². The molecule has 0 N–H and O–H groups in total. The van der Waals surface area contributed by atoms with E-state index < -0.39 is 5.82 Å². The van der Waals surface area contributed by atoms with Gasteiger partial charge in [-0.15, -0.1) is 17.5 Å². The quantitative estimate of drug-likeness (QED) is 0.579. The van der Waals surface area contributed by atoms with Gasteiger partial charge in [-0.2, -0.15) is 0 Å². The number of methoxy groups -OCH3 is 1. The van der Waals surface area contributed by atoms with Crippen molar-refractivity contribution < 1.29 is 13.9 Å². The summed E-state index contributed by atoms with van der Waals surface area (Å²) in [5.41, 5.74) is 0.630. The molecule has 0 radical (unpaired) electrons. The normalized spacial score (nSPS) is 10.9. The van der Waals surface area contributed by atoms with Gasteiger partial charge in [0.05, 0.1) is 11.8 Å². The number of thiazole rings is 1. The molecule has 7 nitrogen and oxygen atoms in total. The molecular formula is C18H23ClFN5O2S. The summed E-state index contributed by atoms with van der Waals surface area (Å²) in [5, 5.41) is 4.62. The van der Waals surface area contributed by atoms with Gasteiger partial charge in [-0.3, -0.25) is 14.4 Å². The standard InChI is InChI=1S/C18H22FN5O2S.ClH/c1-22(2)9-6-10-24(17(25)12-11-23(3)21-16(12)26-4)18-20-15-13(19)7-5-8-14(15)27-18;/h5,7-8,11H,6,9-10H2,1-4H3;1H. The smallest absolute Gasteiger partial charge is 0.267 e. The van der Waals surface area contributed by atoms with E-state index in [-0.39, 0.29) is 29.7 Å². The van der Waals surface area contributed by atoms with Gasteiger partial charge in [0.15, 0.2) is 5.13 Å². The second kappa shape index (κ2) is 9.31. The summed E-state index contributed by atoms with van der Waals surface area (Å²) in [5.74, 6) is -0.403. The van der Waals surface area contributed by atoms with E-state index in [9.17, 15) is 9.18 Å². The number of carbonyl (C=O) groups is 1. The summed E-state index contributed by atoms with van der Waals surface area (Å²) < 4.78 is 21.5. The van der Waals surface area contributed by atoms with Crippen LogP contribution in [-0.2, 0) is 7.05 Å². The van der Waals surface area contributed by atoms with Gasteiger partial charge in [0, 0.05) is 19.8 Å². The summed E-state index contributed by atoms with van der Waals surface area (Å²) in [7, 11) is 7.15. The molecule has 0 fully saturated rings. The van der Waals surface area contributed by atoms with Crippen LogP contribution < -0.4 is 9.64 Å². The molecule has 2 heterocycles. The zero-order chi connectivity index (χ0) is 19.6. The van der Waals surface area contributed by atoms with Crippen LogP contribution in [0.3, 0.4) is 0 Å². The number of hydrogen-bond donors (Lipinski definition) is 0. The maximum Gasteiger partial charge on any atom is 0.267 e. The Labute approximate surface area is 173 Å². The Kier molecular flexibility index (Phi) is 7.34. The van der Waals surface area contributed by atoms with Crippen molar-refractivity contribution in [2.24, 2.45) is 7.05 Å². The minimum Gasteiger partial charge on any atom is -0.479 e. The fraction of sp³-hybridized carbons (Fsp3) is 0.389. The molecule has 152 valence electrons. The molecule has 0 aliphatic heterocycles. The molecule has 3 rings (SSSR count). The van der Waals surface area contributed by atoms with Crippen molar-refractivity contribution in [1.29, 1.82) is 0 Å². The third-order valence-electron chi connectivity index (χ3n) is 4.04. The van der Waals surface area contributed by atoms with E-state index in [2.05, 4.69) is 10.1 Å². The molecular weight excluding hydrogens is 405 g/mol. The summed E-state index contributed by atoms with van der Waals surface area (Å²) >= 11 is 1.29. The molecule has 0 unspecified atom stereocenters. The van der Waals surface area contributed by atoms with E-state index in [1.54, 1.807) is 30.3 Å². The Morgan fingerprint density at radius 1 is 1.32 bits per heavy atom. The zero-order valence-electron chi connectivity index (χ0n) is 16.2. The van der Waals surface area contributed by atoms with Crippen LogP contribution in [0.5, 0.6) is 5.88 Å². The van der Waals surface area contributed by atoms with Crippen LogP contribution in [0, 0.1) is 5.82 Å². The van der Waals surface area contributed by atoms with Crippen LogP contribution in [0.1, 0.15) is 16.8 Å². The zero-order valence-corrected chi connectivity index (χ0v) is 17.8. The lowest BCUT2D eigenvalue weighted by atomic mass is 10.2. The molecule has 0 aliphatic carbocycles. The first-order chi connectivity index (χ1) is 12.9. The highest BCUT2D eigenvalue weighted by Gasteiger charge is 2.26. The first kappa shape index (κ1) is 22.1. The van der Waals surface area contributed by atoms with Crippen LogP contribution in [0.2, 0.25) is 0 Å². The van der Waals surface area contributed by atoms with E-state index in [1.807, 2.05) is 19.0 Å². The average molecular weight is 428 g/mol. The minimum absolute atomic E-state index is 0. The first-order valence-corrected chi connectivity index (χ1v) is 9.31. The Bertz CT molecular complexity index is 959. The molecule has 10 heteroatoms. The average Bonchev–Trinajstić information content (AvgIpc) is 3.22. The largest absolute Gasteiger partial charge is 0.479 e. The van der Waals surface area contributed by atoms with Gasteiger partial charge in [0.1, 0.15) is 16.9 Å². The van der Waals surface area contributed by atoms with Crippen LogP contribution in [-0.4, -0.2) is 59.9 Å². The van der Waals surface area contributed by atoms with E-state index >= 15 is 0 Å². The highest BCUT2D eigenvalue weighted by atomic mass is 35.5. The monoisotopic (exact) mass is 427 g/mol. The Morgan fingerprint density at radius 2 is 2.07 bits per heavy atom. The first-order valence-electron chi connectivity index (χ1n) is 8.50. The summed E-state index contributed by atoms with van der Waals surface area (Å²) in [6, 6.07) is 4.81. The van der Waals surface area contributed by atoms with Crippen molar-refractivity contribution >= 4 is 45.0 Å². The lowest BCUT2D eigenvalue weighted by Crippen LogP contribution is -2.33. The molecule has 0 aliphatic rings. The fourth-order valence-corrected chi connectivity index (χ4v) is 3.76. The lowest BCUT2D eigenvalue weighted by Gasteiger charge is -2.20. The third kappa shape index (κ3) is 4.60. The number of benzene rings is 1. The molecule has 3 aromatic rings. The summed E-state index contributed by atoms with van der Waals surface area (Å²) in [6.07, 6.45) is 2.37. The molecule has 2 aromatic heterocycles. The molecule has 1 aromatic carbocycles. The van der Waals surface area contributed by atoms with Crippen LogP contribution >= 0.6 is 23.7 Å². The molecule has 28 heavy (non-hydrogen) atoms. The fourth-order valence-electron chi connectivity index (χ4n) is 2.76. The maximum absolute atomic E-state index is 14.1. The predicted molar refractivity (Wildman–Crippen MR) is 111 cm³/mol. The molecule has 0 saturated carbocycles. The molecule has 0 bridgehead atoms. The van der Waals surface area contributed by atoms with E-state index in [0.29, 0.717) is 21.9 Å². The topological polar surface area (TPSA) is 63.5 Å². The number of aromatic nitrogens is 3. The van der Waals surface area contributed by atoms with Crippen molar-refractivity contribution in [1.82, 2.24) is 19.7 Å². The molecule has 1 amide bonds. The predicted octanol–water partition coefficient (Wildman–Crippen LogP) is 3.20. The van der Waals surface area contributed by atoms with Gasteiger partial charge in [0.2, 0.25) is 5.88 Å². The van der Waals surface area contributed by atoms with Crippen molar-refractivity contribution in [3.05, 3.63) is 35.8 Å². The Hall–Kier alpha value is -2.23. The Balaban J connectivity index is 0.00000280. The van der Waals surface area contributed by atoms with Gasteiger partial charge >= 0.3 is 0 Å². The number of ether oxygens (including phenoxy) is 1. The SMILES string of the molecule is COc1nn(C)cc1C(=O)N(CCCN(C)C)c1nc2c(F)cccc2s1.Cl. The molecule has 0 saturated heterocycles. The van der Waals surface area contributed by atoms with Gasteiger partial charge in [-0.1, -0.05) is 17.4 Å². The third-order valence-corrected chi connectivity index (χ3v) is 5.08.